The lowest BCUT2D eigenvalue weighted by molar-refractivity contribution is -0.142. The van der Waals surface area contributed by atoms with E-state index in [1.807, 2.05) is 39.8 Å². The number of nitrogens with two attached hydrogens (primary N) is 1. The Kier molecular flexibility index (Phi) is 9.48. The molecule has 0 saturated heterocycles. The molecule has 7 heteroatoms. The molecule has 0 fully saturated rings. The monoisotopic (exact) mass is 390 g/mol. The van der Waals surface area contributed by atoms with Gasteiger partial charge in [0.05, 0.1) is 0 Å². The van der Waals surface area contributed by atoms with Crippen LogP contribution in [0.15, 0.2) is 17.1 Å². The van der Waals surface area contributed by atoms with Crippen LogP contribution in [0.25, 0.3) is 0 Å². The molecule has 2 unspecified atom stereocenters. The van der Waals surface area contributed by atoms with Crippen LogP contribution in [0.2, 0.25) is 0 Å². The molecule has 0 aliphatic rings. The molecule has 28 heavy (non-hydrogen) atoms. The largest absolute Gasteiger partial charge is 0.480 e. The summed E-state index contributed by atoms with van der Waals surface area (Å²) in [6.45, 7) is 8.52. The Labute approximate surface area is 167 Å². The molecule has 0 aliphatic carbocycles. The van der Waals surface area contributed by atoms with Gasteiger partial charge in [-0.1, -0.05) is 24.6 Å². The van der Waals surface area contributed by atoms with Crippen molar-refractivity contribution in [2.75, 3.05) is 13.6 Å². The maximum Gasteiger partial charge on any atom is 0.326 e. The lowest BCUT2D eigenvalue weighted by Gasteiger charge is -2.21. The molecule has 5 N–H and O–H groups in total. The minimum Gasteiger partial charge on any atom is -0.480 e. The van der Waals surface area contributed by atoms with Crippen LogP contribution in [0.3, 0.4) is 0 Å². The molecule has 1 aromatic rings. The van der Waals surface area contributed by atoms with Crippen molar-refractivity contribution in [3.05, 3.63) is 34.4 Å². The van der Waals surface area contributed by atoms with Crippen LogP contribution in [0, 0.1) is 26.7 Å². The van der Waals surface area contributed by atoms with Crippen LogP contribution in [-0.4, -0.2) is 42.6 Å². The summed E-state index contributed by atoms with van der Waals surface area (Å²) in [4.78, 5) is 28.2. The number of aryl methyl sites for hydroxylation is 3. The van der Waals surface area contributed by atoms with Crippen molar-refractivity contribution in [2.24, 2.45) is 16.6 Å². The average molecular weight is 391 g/mol. The summed E-state index contributed by atoms with van der Waals surface area (Å²) in [5.41, 5.74) is 9.80. The normalized spacial score (nSPS) is 13.7. The van der Waals surface area contributed by atoms with Crippen molar-refractivity contribution in [3.8, 4) is 0 Å². The predicted octanol–water partition coefficient (Wildman–Crippen LogP) is 2.06. The highest BCUT2D eigenvalue weighted by Crippen LogP contribution is 2.19. The van der Waals surface area contributed by atoms with E-state index in [4.69, 9.17) is 5.73 Å². The lowest BCUT2D eigenvalue weighted by atomic mass is 9.93. The number of carboxylic acids is 1. The van der Waals surface area contributed by atoms with Gasteiger partial charge in [-0.05, 0) is 56.7 Å². The minimum atomic E-state index is -1.02. The third-order valence-electron chi connectivity index (χ3n) is 5.00. The topological polar surface area (TPSA) is 117 Å². The summed E-state index contributed by atoms with van der Waals surface area (Å²) in [5, 5.41) is 15.3. The molecule has 1 rings (SSSR count). The molecule has 156 valence electrons. The summed E-state index contributed by atoms with van der Waals surface area (Å²) in [7, 11) is 1.61. The van der Waals surface area contributed by atoms with E-state index < -0.39 is 12.0 Å². The van der Waals surface area contributed by atoms with Gasteiger partial charge >= 0.3 is 5.97 Å². The van der Waals surface area contributed by atoms with Gasteiger partial charge in [-0.25, -0.2) is 4.79 Å². The Balaban J connectivity index is 2.74. The number of nitrogens with one attached hydrogen (secondary N) is 2. The number of hydrogen-bond donors (Lipinski definition) is 4. The third kappa shape index (κ3) is 7.21. The van der Waals surface area contributed by atoms with E-state index in [0.29, 0.717) is 25.3 Å². The van der Waals surface area contributed by atoms with Gasteiger partial charge in [0, 0.05) is 25.9 Å². The predicted molar refractivity (Wildman–Crippen MR) is 112 cm³/mol. The molecule has 2 atom stereocenters. The quantitative estimate of drug-likeness (QED) is 0.277. The van der Waals surface area contributed by atoms with Gasteiger partial charge in [0.15, 0.2) is 5.96 Å². The van der Waals surface area contributed by atoms with Gasteiger partial charge < -0.3 is 21.5 Å². The highest BCUT2D eigenvalue weighted by molar-refractivity contribution is 5.85. The number of benzene rings is 1. The van der Waals surface area contributed by atoms with Crippen molar-refractivity contribution in [3.63, 3.8) is 0 Å². The van der Waals surface area contributed by atoms with Crippen LogP contribution in [0.4, 0.5) is 0 Å². The van der Waals surface area contributed by atoms with Gasteiger partial charge in [-0.3, -0.25) is 9.79 Å². The zero-order valence-corrected chi connectivity index (χ0v) is 17.6. The fraction of sp³-hybridized carbons (Fsp3) is 0.571. The van der Waals surface area contributed by atoms with Crippen molar-refractivity contribution < 1.29 is 14.7 Å². The maximum absolute atomic E-state index is 12.6. The molecule has 0 heterocycles. The standard InChI is InChI=1S/C21H34N4O3/c1-6-16(8-7-9-24-21(22)23-5)19(26)25-18(20(27)28)12-17-14(3)10-13(2)11-15(17)4/h10-11,16,18H,6-9,12H2,1-5H3,(H,25,26)(H,27,28)(H3,22,23,24). The van der Waals surface area contributed by atoms with Gasteiger partial charge in [0.25, 0.3) is 0 Å². The molecule has 7 nitrogen and oxygen atoms in total. The fourth-order valence-corrected chi connectivity index (χ4v) is 3.39. The van der Waals surface area contributed by atoms with Crippen LogP contribution in [0.5, 0.6) is 0 Å². The van der Waals surface area contributed by atoms with Crippen LogP contribution >= 0.6 is 0 Å². The fourth-order valence-electron chi connectivity index (χ4n) is 3.39. The summed E-state index contributed by atoms with van der Waals surface area (Å²) < 4.78 is 0. The second-order valence-electron chi connectivity index (χ2n) is 7.26. The Bertz CT molecular complexity index is 693. The number of amides is 1. The van der Waals surface area contributed by atoms with E-state index in [2.05, 4.69) is 15.6 Å². The molecule has 1 amide bonds. The molecule has 1 aromatic carbocycles. The molecule has 0 spiro atoms. The van der Waals surface area contributed by atoms with Crippen LogP contribution in [0.1, 0.15) is 48.4 Å². The van der Waals surface area contributed by atoms with Gasteiger partial charge in [0.2, 0.25) is 5.91 Å². The van der Waals surface area contributed by atoms with Crippen LogP contribution in [-0.2, 0) is 16.0 Å². The number of carboxylic acid groups (broad SMARTS) is 1. The summed E-state index contributed by atoms with van der Waals surface area (Å²) >= 11 is 0. The Morgan fingerprint density at radius 1 is 1.21 bits per heavy atom. The van der Waals surface area contributed by atoms with E-state index in [0.717, 1.165) is 28.7 Å². The Hall–Kier alpha value is -2.57. The first-order valence-electron chi connectivity index (χ1n) is 9.75. The van der Waals surface area contributed by atoms with E-state index >= 15 is 0 Å². The lowest BCUT2D eigenvalue weighted by Crippen LogP contribution is -2.45. The number of carbonyl (C=O) groups excluding carboxylic acids is 1. The molecule has 0 saturated carbocycles. The molecular formula is C21H34N4O3. The number of rotatable bonds is 10. The average Bonchev–Trinajstić information content (AvgIpc) is 2.62. The summed E-state index contributed by atoms with van der Waals surface area (Å²) in [5.74, 6) is -1.10. The summed E-state index contributed by atoms with van der Waals surface area (Å²) in [6.07, 6.45) is 2.33. The molecule has 0 aliphatic heterocycles. The van der Waals surface area contributed by atoms with E-state index in [1.54, 1.807) is 7.05 Å². The number of aliphatic carboxylic acids is 1. The zero-order chi connectivity index (χ0) is 21.3. The van der Waals surface area contributed by atoms with Crippen molar-refractivity contribution >= 4 is 17.8 Å². The summed E-state index contributed by atoms with van der Waals surface area (Å²) in [6, 6.07) is 3.13. The molecule has 0 aromatic heterocycles. The van der Waals surface area contributed by atoms with Gasteiger partial charge in [-0.2, -0.15) is 0 Å². The van der Waals surface area contributed by atoms with Crippen LogP contribution < -0.4 is 16.4 Å². The first-order chi connectivity index (χ1) is 13.2. The van der Waals surface area contributed by atoms with E-state index in [1.165, 1.54) is 0 Å². The minimum absolute atomic E-state index is 0.213. The smallest absolute Gasteiger partial charge is 0.326 e. The Morgan fingerprint density at radius 2 is 1.82 bits per heavy atom. The first-order valence-corrected chi connectivity index (χ1v) is 9.75. The first kappa shape index (κ1) is 23.5. The second-order valence-corrected chi connectivity index (χ2v) is 7.26. The van der Waals surface area contributed by atoms with Gasteiger partial charge in [-0.15, -0.1) is 0 Å². The number of aliphatic imine (C=N–C) groups is 1. The van der Waals surface area contributed by atoms with E-state index in [9.17, 15) is 14.7 Å². The number of hydrogen-bond acceptors (Lipinski definition) is 3. The molecular weight excluding hydrogens is 356 g/mol. The van der Waals surface area contributed by atoms with E-state index in [-0.39, 0.29) is 18.2 Å². The van der Waals surface area contributed by atoms with Crippen molar-refractivity contribution in [1.29, 1.82) is 0 Å². The van der Waals surface area contributed by atoms with Gasteiger partial charge in [0.1, 0.15) is 6.04 Å². The SMILES string of the molecule is CCC(CCCNC(N)=NC)C(=O)NC(Cc1c(C)cc(C)cc1C)C(=O)O. The molecule has 0 bridgehead atoms. The maximum atomic E-state index is 12.6. The second kappa shape index (κ2) is 11.3. The number of guanidine groups is 1. The zero-order valence-electron chi connectivity index (χ0n) is 17.6. The van der Waals surface area contributed by atoms with Crippen molar-refractivity contribution in [1.82, 2.24) is 10.6 Å². The Morgan fingerprint density at radius 3 is 2.32 bits per heavy atom. The number of carbonyl (C=O) groups is 2. The van der Waals surface area contributed by atoms with Crippen molar-refractivity contribution in [2.45, 2.75) is 59.4 Å². The third-order valence-corrected chi connectivity index (χ3v) is 5.00. The highest BCUT2D eigenvalue weighted by atomic mass is 16.4. The molecule has 0 radical (unpaired) electrons. The highest BCUT2D eigenvalue weighted by Gasteiger charge is 2.25. The number of nitrogens with zero attached hydrogens (tertiary/aromatic N) is 1.